The molecule has 0 heterocycles. The van der Waals surface area contributed by atoms with E-state index in [0.717, 1.165) is 6.42 Å². The first-order valence-corrected chi connectivity index (χ1v) is 5.48. The van der Waals surface area contributed by atoms with Gasteiger partial charge in [-0.1, -0.05) is 48.5 Å². The Labute approximate surface area is 95.2 Å². The van der Waals surface area contributed by atoms with Gasteiger partial charge in [0.05, 0.1) is 5.38 Å². The molecule has 0 saturated heterocycles. The molecule has 2 aromatic carbocycles. The molecule has 1 unspecified atom stereocenters. The SMILES string of the molecule is C=CC(Cl)Cc1cccc2ccccc12. The average molecular weight is 217 g/mol. The van der Waals surface area contributed by atoms with Gasteiger partial charge in [0, 0.05) is 0 Å². The summed E-state index contributed by atoms with van der Waals surface area (Å²) in [6.45, 7) is 3.70. The minimum Gasteiger partial charge on any atom is -0.118 e. The summed E-state index contributed by atoms with van der Waals surface area (Å²) in [6, 6.07) is 14.7. The third-order valence-corrected chi connectivity index (χ3v) is 2.88. The van der Waals surface area contributed by atoms with E-state index in [1.807, 2.05) is 0 Å². The van der Waals surface area contributed by atoms with Crippen molar-refractivity contribution in [2.75, 3.05) is 0 Å². The summed E-state index contributed by atoms with van der Waals surface area (Å²) < 4.78 is 0. The number of halogens is 1. The number of rotatable bonds is 3. The Balaban J connectivity index is 2.46. The van der Waals surface area contributed by atoms with E-state index in [1.54, 1.807) is 6.08 Å². The number of hydrogen-bond donors (Lipinski definition) is 0. The van der Waals surface area contributed by atoms with E-state index in [2.05, 4.69) is 49.0 Å². The van der Waals surface area contributed by atoms with Crippen LogP contribution in [0.25, 0.3) is 10.8 Å². The first-order valence-electron chi connectivity index (χ1n) is 5.04. The van der Waals surface area contributed by atoms with Gasteiger partial charge in [-0.3, -0.25) is 0 Å². The number of allylic oxidation sites excluding steroid dienone is 1. The molecule has 2 aromatic rings. The van der Waals surface area contributed by atoms with Crippen molar-refractivity contribution in [1.82, 2.24) is 0 Å². The lowest BCUT2D eigenvalue weighted by atomic mass is 10.0. The zero-order valence-electron chi connectivity index (χ0n) is 8.49. The van der Waals surface area contributed by atoms with Crippen LogP contribution in [0.1, 0.15) is 5.56 Å². The molecule has 0 aromatic heterocycles. The number of hydrogen-bond acceptors (Lipinski definition) is 0. The normalized spacial score (nSPS) is 12.6. The highest BCUT2D eigenvalue weighted by Gasteiger charge is 2.04. The molecule has 15 heavy (non-hydrogen) atoms. The summed E-state index contributed by atoms with van der Waals surface area (Å²) >= 11 is 6.08. The molecule has 0 amide bonds. The molecule has 0 radical (unpaired) electrons. The van der Waals surface area contributed by atoms with E-state index < -0.39 is 0 Å². The zero-order valence-corrected chi connectivity index (χ0v) is 9.24. The van der Waals surface area contributed by atoms with Gasteiger partial charge in [-0.2, -0.15) is 0 Å². The van der Waals surface area contributed by atoms with Crippen molar-refractivity contribution < 1.29 is 0 Å². The fourth-order valence-electron chi connectivity index (χ4n) is 1.76. The van der Waals surface area contributed by atoms with Crippen LogP contribution >= 0.6 is 11.6 Å². The minimum atomic E-state index is 0.0100. The van der Waals surface area contributed by atoms with Crippen molar-refractivity contribution in [2.45, 2.75) is 11.8 Å². The summed E-state index contributed by atoms with van der Waals surface area (Å²) in [5.41, 5.74) is 1.29. The summed E-state index contributed by atoms with van der Waals surface area (Å²) in [7, 11) is 0. The lowest BCUT2D eigenvalue weighted by molar-refractivity contribution is 1.02. The van der Waals surface area contributed by atoms with Crippen molar-refractivity contribution >= 4 is 22.4 Å². The third-order valence-electron chi connectivity index (χ3n) is 2.55. The summed E-state index contributed by atoms with van der Waals surface area (Å²) in [5, 5.41) is 2.56. The Kier molecular flexibility index (Phi) is 3.08. The maximum absolute atomic E-state index is 6.08. The molecule has 0 fully saturated rings. The molecular formula is C14H13Cl. The number of fused-ring (bicyclic) bond motifs is 1. The molecule has 1 heteroatoms. The second kappa shape index (κ2) is 4.50. The van der Waals surface area contributed by atoms with E-state index in [-0.39, 0.29) is 5.38 Å². The Hall–Kier alpha value is -1.27. The van der Waals surface area contributed by atoms with E-state index in [1.165, 1.54) is 16.3 Å². The molecule has 76 valence electrons. The molecule has 0 saturated carbocycles. The van der Waals surface area contributed by atoms with E-state index in [4.69, 9.17) is 11.6 Å². The van der Waals surface area contributed by atoms with Gasteiger partial charge >= 0.3 is 0 Å². The van der Waals surface area contributed by atoms with Gasteiger partial charge in [0.1, 0.15) is 0 Å². The van der Waals surface area contributed by atoms with Crippen LogP contribution < -0.4 is 0 Å². The van der Waals surface area contributed by atoms with E-state index >= 15 is 0 Å². The molecule has 1 atom stereocenters. The minimum absolute atomic E-state index is 0.0100. The Morgan fingerprint density at radius 1 is 1.13 bits per heavy atom. The fraction of sp³-hybridized carbons (Fsp3) is 0.143. The Bertz CT molecular complexity index is 468. The van der Waals surface area contributed by atoms with Crippen LogP contribution in [0.3, 0.4) is 0 Å². The standard InChI is InChI=1S/C14H13Cl/c1-2-13(15)10-12-8-5-7-11-6-3-4-9-14(11)12/h2-9,13H,1,10H2. The van der Waals surface area contributed by atoms with Gasteiger partial charge < -0.3 is 0 Å². The van der Waals surface area contributed by atoms with Crippen molar-refractivity contribution in [3.05, 3.63) is 60.7 Å². The largest absolute Gasteiger partial charge is 0.118 e. The van der Waals surface area contributed by atoms with Crippen LogP contribution in [0.5, 0.6) is 0 Å². The van der Waals surface area contributed by atoms with Crippen LogP contribution in [0, 0.1) is 0 Å². The van der Waals surface area contributed by atoms with Crippen molar-refractivity contribution in [1.29, 1.82) is 0 Å². The Morgan fingerprint density at radius 2 is 1.87 bits per heavy atom. The van der Waals surface area contributed by atoms with Crippen molar-refractivity contribution in [2.24, 2.45) is 0 Å². The molecular weight excluding hydrogens is 204 g/mol. The number of alkyl halides is 1. The molecule has 0 aliphatic carbocycles. The van der Waals surface area contributed by atoms with Crippen LogP contribution in [-0.4, -0.2) is 5.38 Å². The highest BCUT2D eigenvalue weighted by atomic mass is 35.5. The van der Waals surface area contributed by atoms with Gasteiger partial charge in [-0.15, -0.1) is 18.2 Å². The maximum Gasteiger partial charge on any atom is 0.0553 e. The monoisotopic (exact) mass is 216 g/mol. The predicted molar refractivity (Wildman–Crippen MR) is 67.5 cm³/mol. The smallest absolute Gasteiger partial charge is 0.0553 e. The lowest BCUT2D eigenvalue weighted by Crippen LogP contribution is -1.99. The highest BCUT2D eigenvalue weighted by Crippen LogP contribution is 2.21. The molecule has 0 spiro atoms. The van der Waals surface area contributed by atoms with Crippen LogP contribution in [0.4, 0.5) is 0 Å². The predicted octanol–water partition coefficient (Wildman–Crippen LogP) is 4.18. The molecule has 0 aliphatic heterocycles. The van der Waals surface area contributed by atoms with Crippen LogP contribution in [-0.2, 0) is 6.42 Å². The second-order valence-electron chi connectivity index (χ2n) is 3.59. The third kappa shape index (κ3) is 2.21. The average Bonchev–Trinajstić information content (AvgIpc) is 2.29. The van der Waals surface area contributed by atoms with Gasteiger partial charge in [0.25, 0.3) is 0 Å². The fourth-order valence-corrected chi connectivity index (χ4v) is 1.93. The van der Waals surface area contributed by atoms with Crippen molar-refractivity contribution in [3.8, 4) is 0 Å². The number of benzene rings is 2. The van der Waals surface area contributed by atoms with E-state index in [9.17, 15) is 0 Å². The van der Waals surface area contributed by atoms with Crippen LogP contribution in [0.15, 0.2) is 55.1 Å². The van der Waals surface area contributed by atoms with Gasteiger partial charge in [-0.25, -0.2) is 0 Å². The molecule has 0 bridgehead atoms. The van der Waals surface area contributed by atoms with E-state index in [0.29, 0.717) is 0 Å². The molecule has 0 N–H and O–H groups in total. The lowest BCUT2D eigenvalue weighted by Gasteiger charge is -2.07. The molecule has 0 nitrogen and oxygen atoms in total. The highest BCUT2D eigenvalue weighted by molar-refractivity contribution is 6.22. The maximum atomic E-state index is 6.08. The van der Waals surface area contributed by atoms with Crippen LogP contribution in [0.2, 0.25) is 0 Å². The summed E-state index contributed by atoms with van der Waals surface area (Å²) in [4.78, 5) is 0. The second-order valence-corrected chi connectivity index (χ2v) is 4.15. The van der Waals surface area contributed by atoms with Gasteiger partial charge in [-0.05, 0) is 22.8 Å². The zero-order chi connectivity index (χ0) is 10.7. The Morgan fingerprint density at radius 3 is 2.67 bits per heavy atom. The summed E-state index contributed by atoms with van der Waals surface area (Å²) in [6.07, 6.45) is 2.62. The summed E-state index contributed by atoms with van der Waals surface area (Å²) in [5.74, 6) is 0. The first kappa shape index (κ1) is 10.3. The first-order chi connectivity index (χ1) is 7.31. The molecule has 2 rings (SSSR count). The van der Waals surface area contributed by atoms with Gasteiger partial charge in [0.15, 0.2) is 0 Å². The van der Waals surface area contributed by atoms with Gasteiger partial charge in [0.2, 0.25) is 0 Å². The topological polar surface area (TPSA) is 0 Å². The van der Waals surface area contributed by atoms with Crippen molar-refractivity contribution in [3.63, 3.8) is 0 Å². The quantitative estimate of drug-likeness (QED) is 0.534. The molecule has 0 aliphatic rings.